The highest BCUT2D eigenvalue weighted by molar-refractivity contribution is 5.73. The van der Waals surface area contributed by atoms with Gasteiger partial charge in [0.1, 0.15) is 6.04 Å². The van der Waals surface area contributed by atoms with Crippen LogP contribution in [0.3, 0.4) is 0 Å². The largest absolute Gasteiger partial charge is 0.481 e. The summed E-state index contributed by atoms with van der Waals surface area (Å²) in [6, 6.07) is 9.23. The number of fused-ring (bicyclic) bond motifs is 1. The fourth-order valence-corrected chi connectivity index (χ4v) is 5.89. The molecule has 1 aliphatic carbocycles. The minimum Gasteiger partial charge on any atom is -0.481 e. The van der Waals surface area contributed by atoms with E-state index in [0.717, 1.165) is 31.4 Å². The van der Waals surface area contributed by atoms with Crippen molar-refractivity contribution in [3.8, 4) is 11.4 Å². The summed E-state index contributed by atoms with van der Waals surface area (Å²) in [6.07, 6.45) is 4.06. The van der Waals surface area contributed by atoms with Gasteiger partial charge in [-0.25, -0.2) is 0 Å². The van der Waals surface area contributed by atoms with E-state index >= 15 is 0 Å². The summed E-state index contributed by atoms with van der Waals surface area (Å²) >= 11 is 0. The number of hydrogen-bond donors (Lipinski definition) is 3. The molecule has 2 saturated heterocycles. The molecule has 176 valence electrons. The zero-order valence-corrected chi connectivity index (χ0v) is 18.5. The molecule has 3 N–H and O–H groups in total. The monoisotopic (exact) mass is 454 g/mol. The van der Waals surface area contributed by atoms with Gasteiger partial charge in [-0.3, -0.25) is 14.5 Å². The van der Waals surface area contributed by atoms with Gasteiger partial charge in [0.25, 0.3) is 0 Å². The fraction of sp³-hybridized carbons (Fsp3) is 0.609. The zero-order chi connectivity index (χ0) is 22.9. The Bertz CT molecular complexity index is 998. The summed E-state index contributed by atoms with van der Waals surface area (Å²) in [7, 11) is 0. The molecular weight excluding hydrogens is 424 g/mol. The van der Waals surface area contributed by atoms with Gasteiger partial charge in [-0.2, -0.15) is 4.80 Å². The van der Waals surface area contributed by atoms with Gasteiger partial charge in [0.05, 0.1) is 12.0 Å². The van der Waals surface area contributed by atoms with Crippen molar-refractivity contribution in [3.05, 3.63) is 30.3 Å². The first-order valence-corrected chi connectivity index (χ1v) is 11.8. The maximum Gasteiger partial charge on any atom is 0.320 e. The third kappa shape index (κ3) is 4.63. The molecule has 10 nitrogen and oxygen atoms in total. The van der Waals surface area contributed by atoms with Crippen molar-refractivity contribution in [2.24, 2.45) is 17.8 Å². The van der Waals surface area contributed by atoms with Crippen LogP contribution in [0.15, 0.2) is 30.3 Å². The summed E-state index contributed by atoms with van der Waals surface area (Å²) in [5.74, 6) is -0.690. The lowest BCUT2D eigenvalue weighted by Crippen LogP contribution is -2.54. The van der Waals surface area contributed by atoms with Crippen molar-refractivity contribution < 1.29 is 19.8 Å². The summed E-state index contributed by atoms with van der Waals surface area (Å²) < 4.78 is 0. The van der Waals surface area contributed by atoms with Crippen LogP contribution in [-0.4, -0.2) is 79.0 Å². The SMILES string of the molecule is O=C(O)C1CC2CC(N3C[C@@H](C(=O)O)C[C@H](n4nnc(-c5ccccc5)n4)C3)CCC2CN1. The van der Waals surface area contributed by atoms with E-state index in [1.54, 1.807) is 4.80 Å². The molecule has 33 heavy (non-hydrogen) atoms. The molecule has 3 aliphatic rings. The van der Waals surface area contributed by atoms with E-state index in [2.05, 4.69) is 25.6 Å². The number of piperidine rings is 2. The molecule has 1 aromatic carbocycles. The van der Waals surface area contributed by atoms with E-state index in [0.29, 0.717) is 43.6 Å². The normalized spacial score (nSPS) is 32.7. The number of nitrogens with zero attached hydrogens (tertiary/aromatic N) is 5. The van der Waals surface area contributed by atoms with Crippen molar-refractivity contribution in [2.45, 2.75) is 50.2 Å². The Hall–Kier alpha value is -2.85. The van der Waals surface area contributed by atoms with Crippen molar-refractivity contribution in [1.82, 2.24) is 30.4 Å². The Labute approximate surface area is 192 Å². The molecule has 1 aromatic heterocycles. The number of tetrazole rings is 1. The van der Waals surface area contributed by atoms with Crippen LogP contribution in [0.5, 0.6) is 0 Å². The number of carboxylic acid groups (broad SMARTS) is 2. The van der Waals surface area contributed by atoms with E-state index in [1.165, 1.54) is 0 Å². The van der Waals surface area contributed by atoms with E-state index in [9.17, 15) is 19.8 Å². The topological polar surface area (TPSA) is 133 Å². The standard InChI is InChI=1S/C23H30N6O4/c30-22(31)17-9-19(29-26-21(25-27-29)14-4-2-1-3-5-14)13-28(12-17)18-7-6-15-11-24-20(23(32)33)10-16(15)8-18/h1-5,15-20,24H,6-13H2,(H,30,31)(H,32,33)/t15?,16?,17-,18?,19-,20?/m0/s1. The Kier molecular flexibility index (Phi) is 6.11. The molecule has 5 rings (SSSR count). The first-order valence-electron chi connectivity index (χ1n) is 11.8. The molecule has 2 aliphatic heterocycles. The number of aliphatic carboxylic acids is 2. The van der Waals surface area contributed by atoms with Crippen LogP contribution in [-0.2, 0) is 9.59 Å². The van der Waals surface area contributed by atoms with Crippen LogP contribution >= 0.6 is 0 Å². The van der Waals surface area contributed by atoms with Crippen LogP contribution in [0.1, 0.15) is 38.1 Å². The molecule has 3 heterocycles. The molecule has 4 unspecified atom stereocenters. The number of benzene rings is 1. The molecule has 0 radical (unpaired) electrons. The number of carbonyl (C=O) groups is 2. The summed E-state index contributed by atoms with van der Waals surface area (Å²) in [4.78, 5) is 27.3. The van der Waals surface area contributed by atoms with Crippen LogP contribution in [0.25, 0.3) is 11.4 Å². The zero-order valence-electron chi connectivity index (χ0n) is 18.5. The van der Waals surface area contributed by atoms with Crippen molar-refractivity contribution in [3.63, 3.8) is 0 Å². The lowest BCUT2D eigenvalue weighted by atomic mass is 9.71. The Morgan fingerprint density at radius 3 is 2.52 bits per heavy atom. The van der Waals surface area contributed by atoms with Crippen LogP contribution in [0.4, 0.5) is 0 Å². The van der Waals surface area contributed by atoms with E-state index in [1.807, 2.05) is 30.3 Å². The third-order valence-electron chi connectivity index (χ3n) is 7.68. The van der Waals surface area contributed by atoms with E-state index < -0.39 is 23.9 Å². The van der Waals surface area contributed by atoms with Crippen molar-refractivity contribution >= 4 is 11.9 Å². The molecule has 2 aromatic rings. The predicted molar refractivity (Wildman–Crippen MR) is 118 cm³/mol. The first kappa shape index (κ1) is 22.0. The molecular formula is C23H30N6O4. The number of rotatable bonds is 5. The number of carboxylic acids is 2. The molecule has 3 fully saturated rings. The van der Waals surface area contributed by atoms with Gasteiger partial charge >= 0.3 is 11.9 Å². The molecule has 6 atom stereocenters. The highest BCUT2D eigenvalue weighted by Gasteiger charge is 2.42. The number of nitrogens with one attached hydrogen (secondary N) is 1. The van der Waals surface area contributed by atoms with Gasteiger partial charge in [0.2, 0.25) is 5.82 Å². The number of hydrogen-bond acceptors (Lipinski definition) is 7. The number of likely N-dealkylation sites (tertiary alicyclic amines) is 1. The van der Waals surface area contributed by atoms with Gasteiger partial charge in [-0.1, -0.05) is 30.3 Å². The second kappa shape index (κ2) is 9.18. The first-order chi connectivity index (χ1) is 16.0. The van der Waals surface area contributed by atoms with Crippen molar-refractivity contribution in [1.29, 1.82) is 0 Å². The Balaban J connectivity index is 1.31. The highest BCUT2D eigenvalue weighted by atomic mass is 16.4. The summed E-state index contributed by atoms with van der Waals surface area (Å²) in [5, 5.41) is 35.4. The van der Waals surface area contributed by atoms with E-state index in [-0.39, 0.29) is 12.1 Å². The fourth-order valence-electron chi connectivity index (χ4n) is 5.89. The van der Waals surface area contributed by atoms with Crippen molar-refractivity contribution in [2.75, 3.05) is 19.6 Å². The smallest absolute Gasteiger partial charge is 0.320 e. The van der Waals surface area contributed by atoms with Gasteiger partial charge < -0.3 is 15.5 Å². The number of aromatic nitrogens is 4. The lowest BCUT2D eigenvalue weighted by molar-refractivity contribution is -0.146. The third-order valence-corrected chi connectivity index (χ3v) is 7.68. The van der Waals surface area contributed by atoms with Crippen LogP contribution in [0, 0.1) is 17.8 Å². The van der Waals surface area contributed by atoms with Crippen LogP contribution < -0.4 is 5.32 Å². The molecule has 10 heteroatoms. The summed E-state index contributed by atoms with van der Waals surface area (Å²) in [6.45, 7) is 1.94. The minimum absolute atomic E-state index is 0.165. The predicted octanol–water partition coefficient (Wildman–Crippen LogP) is 1.52. The lowest BCUT2D eigenvalue weighted by Gasteiger charge is -2.47. The van der Waals surface area contributed by atoms with Gasteiger partial charge in [-0.15, -0.1) is 10.2 Å². The molecule has 0 bridgehead atoms. The quantitative estimate of drug-likeness (QED) is 0.615. The summed E-state index contributed by atoms with van der Waals surface area (Å²) in [5.41, 5.74) is 0.878. The molecule has 0 amide bonds. The Morgan fingerprint density at radius 1 is 0.939 bits per heavy atom. The Morgan fingerprint density at radius 2 is 1.76 bits per heavy atom. The maximum atomic E-state index is 12.0. The molecule has 1 saturated carbocycles. The van der Waals surface area contributed by atoms with Gasteiger partial charge in [0.15, 0.2) is 0 Å². The maximum absolute atomic E-state index is 12.0. The highest BCUT2D eigenvalue weighted by Crippen LogP contribution is 2.39. The van der Waals surface area contributed by atoms with Gasteiger partial charge in [-0.05, 0) is 55.7 Å². The molecule has 0 spiro atoms. The average molecular weight is 455 g/mol. The average Bonchev–Trinajstić information content (AvgIpc) is 3.34. The second-order valence-corrected chi connectivity index (χ2v) is 9.70. The minimum atomic E-state index is -0.797. The van der Waals surface area contributed by atoms with E-state index in [4.69, 9.17) is 0 Å². The second-order valence-electron chi connectivity index (χ2n) is 9.70. The van der Waals surface area contributed by atoms with Gasteiger partial charge in [0, 0.05) is 24.7 Å². The van der Waals surface area contributed by atoms with Crippen LogP contribution in [0.2, 0.25) is 0 Å².